The maximum atomic E-state index is 12.3. The molecular formula is C18H22F2N2O4S. The van der Waals surface area contributed by atoms with Crippen molar-refractivity contribution in [3.63, 3.8) is 0 Å². The van der Waals surface area contributed by atoms with Gasteiger partial charge in [0.05, 0.1) is 5.56 Å². The number of benzene rings is 1. The summed E-state index contributed by atoms with van der Waals surface area (Å²) in [6, 6.07) is 4.86. The van der Waals surface area contributed by atoms with E-state index in [2.05, 4.69) is 10.6 Å². The van der Waals surface area contributed by atoms with E-state index in [-0.39, 0.29) is 11.6 Å². The molecule has 1 saturated carbocycles. The molecule has 0 saturated heterocycles. The Hall–Kier alpha value is -2.16. The van der Waals surface area contributed by atoms with E-state index in [1.807, 2.05) is 0 Å². The highest BCUT2D eigenvalue weighted by Crippen LogP contribution is 2.25. The van der Waals surface area contributed by atoms with Gasteiger partial charge in [-0.1, -0.05) is 31.0 Å². The van der Waals surface area contributed by atoms with Crippen molar-refractivity contribution in [2.45, 2.75) is 61.8 Å². The predicted octanol–water partition coefficient (Wildman–Crippen LogP) is 3.71. The van der Waals surface area contributed by atoms with Gasteiger partial charge >= 0.3 is 12.0 Å². The zero-order chi connectivity index (χ0) is 19.8. The van der Waals surface area contributed by atoms with Gasteiger partial charge in [0, 0.05) is 10.9 Å². The van der Waals surface area contributed by atoms with Crippen LogP contribution < -0.4 is 10.6 Å². The summed E-state index contributed by atoms with van der Waals surface area (Å²) in [5, 5.41) is 4.90. The molecule has 2 rings (SSSR count). The number of carbonyl (C=O) groups is 3. The Morgan fingerprint density at radius 2 is 1.74 bits per heavy atom. The van der Waals surface area contributed by atoms with Crippen molar-refractivity contribution in [3.05, 3.63) is 29.8 Å². The lowest BCUT2D eigenvalue weighted by molar-refractivity contribution is -0.127. The molecule has 1 aromatic rings. The van der Waals surface area contributed by atoms with Crippen LogP contribution in [0.3, 0.4) is 0 Å². The lowest BCUT2D eigenvalue weighted by Gasteiger charge is -2.23. The van der Waals surface area contributed by atoms with E-state index in [1.54, 1.807) is 0 Å². The average Bonchev–Trinajstić information content (AvgIpc) is 2.62. The van der Waals surface area contributed by atoms with Crippen LogP contribution >= 0.6 is 11.8 Å². The van der Waals surface area contributed by atoms with Gasteiger partial charge in [-0.3, -0.25) is 10.1 Å². The first-order valence-corrected chi connectivity index (χ1v) is 9.60. The second-order valence-corrected chi connectivity index (χ2v) is 7.31. The first-order valence-electron chi connectivity index (χ1n) is 8.72. The van der Waals surface area contributed by atoms with Gasteiger partial charge in [0.1, 0.15) is 0 Å². The number of nitrogens with one attached hydrogen (secondary N) is 2. The molecule has 9 heteroatoms. The van der Waals surface area contributed by atoms with Gasteiger partial charge in [0.25, 0.3) is 11.7 Å². The molecule has 1 aliphatic carbocycles. The zero-order valence-corrected chi connectivity index (χ0v) is 15.7. The number of rotatable bonds is 6. The van der Waals surface area contributed by atoms with Crippen LogP contribution in [0.15, 0.2) is 29.2 Å². The number of thioether (sulfide) groups is 1. The van der Waals surface area contributed by atoms with Crippen molar-refractivity contribution in [2.24, 2.45) is 0 Å². The van der Waals surface area contributed by atoms with Crippen LogP contribution in [0.1, 0.15) is 49.4 Å². The molecule has 0 spiro atoms. The van der Waals surface area contributed by atoms with Crippen LogP contribution in [0, 0.1) is 0 Å². The molecule has 0 bridgehead atoms. The number of carbonyl (C=O) groups excluding carboxylic acids is 3. The molecule has 1 atom stereocenters. The molecule has 27 heavy (non-hydrogen) atoms. The standard InChI is InChI=1S/C18H22F2N2O4S/c1-11(15(23)22-18(25)21-13-5-3-2-4-6-13)26-16(24)12-7-9-14(10-8-12)27-17(19)20/h7-11,13,17H,2-6H2,1H3,(H2,21,22,23,25). The van der Waals surface area contributed by atoms with Gasteiger partial charge in [-0.15, -0.1) is 0 Å². The Morgan fingerprint density at radius 1 is 1.11 bits per heavy atom. The SMILES string of the molecule is CC(OC(=O)c1ccc(SC(F)F)cc1)C(=O)NC(=O)NC1CCCCC1. The third kappa shape index (κ3) is 7.16. The number of urea groups is 1. The lowest BCUT2D eigenvalue weighted by atomic mass is 9.96. The number of esters is 1. The fourth-order valence-corrected chi connectivity index (χ4v) is 3.24. The van der Waals surface area contributed by atoms with E-state index in [1.165, 1.54) is 31.2 Å². The minimum atomic E-state index is -2.55. The fraction of sp³-hybridized carbons (Fsp3) is 0.500. The summed E-state index contributed by atoms with van der Waals surface area (Å²) in [7, 11) is 0. The Morgan fingerprint density at radius 3 is 2.33 bits per heavy atom. The number of alkyl halides is 2. The molecule has 148 valence electrons. The minimum Gasteiger partial charge on any atom is -0.449 e. The van der Waals surface area contributed by atoms with E-state index in [9.17, 15) is 23.2 Å². The summed E-state index contributed by atoms with van der Waals surface area (Å²) < 4.78 is 29.6. The molecular weight excluding hydrogens is 378 g/mol. The second-order valence-electron chi connectivity index (χ2n) is 6.25. The summed E-state index contributed by atoms with van der Waals surface area (Å²) >= 11 is 0.365. The number of amides is 3. The van der Waals surface area contributed by atoms with Gasteiger partial charge in [-0.25, -0.2) is 9.59 Å². The van der Waals surface area contributed by atoms with Gasteiger partial charge in [-0.05, 0) is 44.0 Å². The number of hydrogen-bond donors (Lipinski definition) is 2. The maximum absolute atomic E-state index is 12.3. The Labute approximate surface area is 160 Å². The summed E-state index contributed by atoms with van der Waals surface area (Å²) in [5.74, 6) is -4.06. The van der Waals surface area contributed by atoms with Crippen LogP contribution in [0.25, 0.3) is 0 Å². The van der Waals surface area contributed by atoms with Gasteiger partial charge in [0.15, 0.2) is 6.10 Å². The van der Waals surface area contributed by atoms with Crippen LogP contribution in [-0.4, -0.2) is 35.8 Å². The minimum absolute atomic E-state index is 0.0500. The predicted molar refractivity (Wildman–Crippen MR) is 96.7 cm³/mol. The van der Waals surface area contributed by atoms with Gasteiger partial charge < -0.3 is 10.1 Å². The highest BCUT2D eigenvalue weighted by molar-refractivity contribution is 7.99. The monoisotopic (exact) mass is 400 g/mol. The van der Waals surface area contributed by atoms with Crippen molar-refractivity contribution in [1.29, 1.82) is 0 Å². The highest BCUT2D eigenvalue weighted by Gasteiger charge is 2.22. The molecule has 0 aromatic heterocycles. The fourth-order valence-electron chi connectivity index (χ4n) is 2.74. The summed E-state index contributed by atoms with van der Waals surface area (Å²) in [5.41, 5.74) is 0.125. The Kier molecular flexibility index (Phi) is 8.02. The third-order valence-corrected chi connectivity index (χ3v) is 4.87. The Balaban J connectivity index is 1.80. The van der Waals surface area contributed by atoms with Gasteiger partial charge in [-0.2, -0.15) is 8.78 Å². The molecule has 6 nitrogen and oxygen atoms in total. The molecule has 1 fully saturated rings. The highest BCUT2D eigenvalue weighted by atomic mass is 32.2. The number of halogens is 2. The number of imide groups is 1. The number of ether oxygens (including phenoxy) is 1. The summed E-state index contributed by atoms with van der Waals surface area (Å²) in [6.07, 6.45) is 3.82. The van der Waals surface area contributed by atoms with Crippen molar-refractivity contribution in [2.75, 3.05) is 0 Å². The van der Waals surface area contributed by atoms with E-state index >= 15 is 0 Å². The van der Waals surface area contributed by atoms with Gasteiger partial charge in [0.2, 0.25) is 0 Å². The van der Waals surface area contributed by atoms with E-state index in [4.69, 9.17) is 4.74 Å². The first-order chi connectivity index (χ1) is 12.8. The normalized spacial score (nSPS) is 15.9. The molecule has 0 aliphatic heterocycles. The van der Waals surface area contributed by atoms with E-state index in [0.717, 1.165) is 32.1 Å². The van der Waals surface area contributed by atoms with Crippen molar-refractivity contribution in [1.82, 2.24) is 10.6 Å². The molecule has 1 unspecified atom stereocenters. The molecule has 0 radical (unpaired) electrons. The van der Waals surface area contributed by atoms with E-state index < -0.39 is 29.8 Å². The zero-order valence-electron chi connectivity index (χ0n) is 14.9. The smallest absolute Gasteiger partial charge is 0.338 e. The Bertz CT molecular complexity index is 664. The van der Waals surface area contributed by atoms with Crippen LogP contribution in [0.2, 0.25) is 0 Å². The van der Waals surface area contributed by atoms with Crippen LogP contribution in [0.5, 0.6) is 0 Å². The molecule has 1 aliphatic rings. The molecule has 3 amide bonds. The average molecular weight is 400 g/mol. The van der Waals surface area contributed by atoms with Crippen molar-refractivity contribution >= 4 is 29.7 Å². The lowest BCUT2D eigenvalue weighted by Crippen LogP contribution is -2.48. The third-order valence-electron chi connectivity index (χ3n) is 4.15. The molecule has 0 heterocycles. The van der Waals surface area contributed by atoms with Crippen molar-refractivity contribution < 1.29 is 27.9 Å². The maximum Gasteiger partial charge on any atom is 0.338 e. The summed E-state index contributed by atoms with van der Waals surface area (Å²) in [6.45, 7) is 1.35. The van der Waals surface area contributed by atoms with E-state index in [0.29, 0.717) is 16.7 Å². The first kappa shape index (κ1) is 21.1. The molecule has 1 aromatic carbocycles. The number of hydrogen-bond acceptors (Lipinski definition) is 5. The van der Waals surface area contributed by atoms with Crippen LogP contribution in [0.4, 0.5) is 13.6 Å². The van der Waals surface area contributed by atoms with Crippen molar-refractivity contribution in [3.8, 4) is 0 Å². The second kappa shape index (κ2) is 10.2. The summed E-state index contributed by atoms with van der Waals surface area (Å²) in [4.78, 5) is 36.2. The quantitative estimate of drug-likeness (QED) is 0.562. The van der Waals surface area contributed by atoms with Crippen LogP contribution in [-0.2, 0) is 9.53 Å². The molecule has 2 N–H and O–H groups in total. The topological polar surface area (TPSA) is 84.5 Å². The largest absolute Gasteiger partial charge is 0.449 e.